The van der Waals surface area contributed by atoms with Crippen molar-refractivity contribution in [3.63, 3.8) is 0 Å². The highest BCUT2D eigenvalue weighted by Gasteiger charge is 2.18. The molecule has 0 unspecified atom stereocenters. The van der Waals surface area contributed by atoms with Gasteiger partial charge in [0.1, 0.15) is 5.75 Å². The number of hydrogen-bond donors (Lipinski definition) is 0. The first-order chi connectivity index (χ1) is 12.7. The number of pyridine rings is 1. The smallest absolute Gasteiger partial charge is 0.231 e. The molecular weight excluding hydrogens is 396 g/mol. The fourth-order valence-corrected chi connectivity index (χ4v) is 3.92. The molecule has 6 heteroatoms. The van der Waals surface area contributed by atoms with Crippen molar-refractivity contribution in [3.8, 4) is 17.2 Å². The molecule has 130 valence electrons. The highest BCUT2D eigenvalue weighted by molar-refractivity contribution is 9.10. The van der Waals surface area contributed by atoms with Gasteiger partial charge < -0.3 is 18.8 Å². The molecule has 0 amide bonds. The summed E-state index contributed by atoms with van der Waals surface area (Å²) in [6.07, 6.45) is 3.73. The van der Waals surface area contributed by atoms with E-state index >= 15 is 0 Å². The van der Waals surface area contributed by atoms with Gasteiger partial charge in [-0.05, 0) is 42.0 Å². The van der Waals surface area contributed by atoms with E-state index in [2.05, 4.69) is 37.6 Å². The normalized spacial score (nSPS) is 12.8. The first-order valence-electron chi connectivity index (χ1n) is 8.22. The quantitative estimate of drug-likeness (QED) is 0.489. The molecule has 26 heavy (non-hydrogen) atoms. The molecule has 0 spiro atoms. The van der Waals surface area contributed by atoms with Crippen LogP contribution in [-0.2, 0) is 6.54 Å². The molecule has 0 fully saturated rings. The van der Waals surface area contributed by atoms with E-state index in [1.54, 1.807) is 7.11 Å². The number of benzene rings is 2. The van der Waals surface area contributed by atoms with Crippen LogP contribution in [0.4, 0.5) is 0 Å². The molecule has 0 saturated heterocycles. The van der Waals surface area contributed by atoms with Gasteiger partial charge in [-0.25, -0.2) is 0 Å². The fraction of sp³-hybridized carbons (Fsp3) is 0.150. The topological polar surface area (TPSA) is 45.5 Å². The number of hydrogen-bond acceptors (Lipinski definition) is 4. The molecule has 3 heterocycles. The van der Waals surface area contributed by atoms with Crippen molar-refractivity contribution in [1.82, 2.24) is 9.55 Å². The monoisotopic (exact) mass is 410 g/mol. The molecule has 0 saturated carbocycles. The van der Waals surface area contributed by atoms with Crippen LogP contribution in [0.3, 0.4) is 0 Å². The van der Waals surface area contributed by atoms with Crippen LogP contribution >= 0.6 is 15.9 Å². The Balaban J connectivity index is 1.71. The minimum Gasteiger partial charge on any atom is -0.497 e. The SMILES string of the molecule is COc1ccc2c(c1)c1ccncc1n2Cc1cc2c(cc1Br)OCO2. The first kappa shape index (κ1) is 15.5. The second kappa shape index (κ2) is 5.92. The van der Waals surface area contributed by atoms with Crippen LogP contribution in [-0.4, -0.2) is 23.5 Å². The number of aromatic nitrogens is 2. The van der Waals surface area contributed by atoms with Crippen LogP contribution < -0.4 is 14.2 Å². The standard InChI is InChI=1S/C20H15BrN2O3/c1-24-13-2-3-17-15(7-13)14-4-5-22-9-18(14)23(17)10-12-6-19-20(8-16(12)21)26-11-25-19/h2-9H,10-11H2,1H3. The summed E-state index contributed by atoms with van der Waals surface area (Å²) >= 11 is 3.66. The van der Waals surface area contributed by atoms with Crippen LogP contribution in [0.1, 0.15) is 5.56 Å². The number of rotatable bonds is 3. The molecule has 2 aromatic carbocycles. The van der Waals surface area contributed by atoms with Crippen LogP contribution in [0, 0.1) is 0 Å². The zero-order valence-electron chi connectivity index (χ0n) is 14.0. The third-order valence-electron chi connectivity index (χ3n) is 4.75. The van der Waals surface area contributed by atoms with E-state index in [4.69, 9.17) is 14.2 Å². The minimum absolute atomic E-state index is 0.268. The van der Waals surface area contributed by atoms with Crippen molar-refractivity contribution < 1.29 is 14.2 Å². The maximum absolute atomic E-state index is 5.54. The Kier molecular flexibility index (Phi) is 3.53. The summed E-state index contributed by atoms with van der Waals surface area (Å²) in [4.78, 5) is 4.32. The van der Waals surface area contributed by atoms with Crippen molar-refractivity contribution in [2.75, 3.05) is 13.9 Å². The molecular formula is C20H15BrN2O3. The molecule has 5 nitrogen and oxygen atoms in total. The number of fused-ring (bicyclic) bond motifs is 4. The van der Waals surface area contributed by atoms with Crippen molar-refractivity contribution in [2.45, 2.75) is 6.54 Å². The average Bonchev–Trinajstić information content (AvgIpc) is 3.24. The lowest BCUT2D eigenvalue weighted by atomic mass is 10.2. The molecule has 0 radical (unpaired) electrons. The summed E-state index contributed by atoms with van der Waals surface area (Å²) in [5.74, 6) is 2.40. The van der Waals surface area contributed by atoms with E-state index in [1.165, 1.54) is 0 Å². The van der Waals surface area contributed by atoms with E-state index in [1.807, 2.05) is 36.7 Å². The molecule has 0 bridgehead atoms. The molecule has 0 N–H and O–H groups in total. The third kappa shape index (κ3) is 2.33. The first-order valence-corrected chi connectivity index (χ1v) is 9.02. The predicted molar refractivity (Wildman–Crippen MR) is 103 cm³/mol. The number of nitrogens with zero attached hydrogens (tertiary/aromatic N) is 2. The summed E-state index contributed by atoms with van der Waals surface area (Å²) < 4.78 is 19.7. The molecule has 1 aliphatic rings. The van der Waals surface area contributed by atoms with Crippen molar-refractivity contribution in [2.24, 2.45) is 0 Å². The molecule has 0 atom stereocenters. The molecule has 1 aliphatic heterocycles. The Morgan fingerprint density at radius 3 is 2.77 bits per heavy atom. The second-order valence-electron chi connectivity index (χ2n) is 6.16. The van der Waals surface area contributed by atoms with E-state index in [-0.39, 0.29) is 6.79 Å². The van der Waals surface area contributed by atoms with E-state index in [9.17, 15) is 0 Å². The number of ether oxygens (including phenoxy) is 3. The van der Waals surface area contributed by atoms with Crippen LogP contribution in [0.25, 0.3) is 21.8 Å². The van der Waals surface area contributed by atoms with E-state index < -0.39 is 0 Å². The Morgan fingerprint density at radius 2 is 1.92 bits per heavy atom. The van der Waals surface area contributed by atoms with Crippen LogP contribution in [0.15, 0.2) is 53.3 Å². The number of methoxy groups -OCH3 is 1. The summed E-state index contributed by atoms with van der Waals surface area (Å²) in [5, 5.41) is 2.31. The van der Waals surface area contributed by atoms with Gasteiger partial charge in [0.15, 0.2) is 11.5 Å². The third-order valence-corrected chi connectivity index (χ3v) is 5.48. The van der Waals surface area contributed by atoms with Crippen LogP contribution in [0.2, 0.25) is 0 Å². The van der Waals surface area contributed by atoms with Gasteiger partial charge in [-0.15, -0.1) is 0 Å². The van der Waals surface area contributed by atoms with Crippen molar-refractivity contribution in [3.05, 3.63) is 58.8 Å². The lowest BCUT2D eigenvalue weighted by Crippen LogP contribution is -2.00. The minimum atomic E-state index is 0.268. The highest BCUT2D eigenvalue weighted by Crippen LogP contribution is 2.38. The highest BCUT2D eigenvalue weighted by atomic mass is 79.9. The molecule has 0 aliphatic carbocycles. The Labute approximate surface area is 158 Å². The van der Waals surface area contributed by atoms with Crippen molar-refractivity contribution in [1.29, 1.82) is 0 Å². The van der Waals surface area contributed by atoms with Gasteiger partial charge in [0.05, 0.1) is 18.8 Å². The predicted octanol–water partition coefficient (Wildman–Crippen LogP) is 4.74. The van der Waals surface area contributed by atoms with Gasteiger partial charge in [-0.1, -0.05) is 15.9 Å². The average molecular weight is 411 g/mol. The lowest BCUT2D eigenvalue weighted by Gasteiger charge is -2.11. The fourth-order valence-electron chi connectivity index (χ4n) is 3.47. The Hall–Kier alpha value is -2.73. The van der Waals surface area contributed by atoms with Gasteiger partial charge >= 0.3 is 0 Å². The summed E-state index contributed by atoms with van der Waals surface area (Å²) in [7, 11) is 1.69. The Morgan fingerprint density at radius 1 is 1.08 bits per heavy atom. The molecule has 5 rings (SSSR count). The molecule has 4 aromatic rings. The number of halogens is 1. The summed E-state index contributed by atoms with van der Waals surface area (Å²) in [6.45, 7) is 0.958. The van der Waals surface area contributed by atoms with Gasteiger partial charge in [0, 0.05) is 33.5 Å². The maximum Gasteiger partial charge on any atom is 0.231 e. The summed E-state index contributed by atoms with van der Waals surface area (Å²) in [5.41, 5.74) is 3.34. The van der Waals surface area contributed by atoms with Gasteiger partial charge in [0.2, 0.25) is 6.79 Å². The summed E-state index contributed by atoms with van der Waals surface area (Å²) in [6, 6.07) is 12.2. The van der Waals surface area contributed by atoms with E-state index in [0.29, 0.717) is 6.54 Å². The maximum atomic E-state index is 5.54. The van der Waals surface area contributed by atoms with Gasteiger partial charge in [-0.3, -0.25) is 4.98 Å². The van der Waals surface area contributed by atoms with E-state index in [0.717, 1.165) is 49.1 Å². The molecule has 2 aromatic heterocycles. The Bertz CT molecular complexity index is 1150. The largest absolute Gasteiger partial charge is 0.497 e. The zero-order valence-corrected chi connectivity index (χ0v) is 15.6. The second-order valence-corrected chi connectivity index (χ2v) is 7.01. The van der Waals surface area contributed by atoms with Gasteiger partial charge in [-0.2, -0.15) is 0 Å². The van der Waals surface area contributed by atoms with Gasteiger partial charge in [0.25, 0.3) is 0 Å². The van der Waals surface area contributed by atoms with Crippen molar-refractivity contribution >= 4 is 37.7 Å². The zero-order chi connectivity index (χ0) is 17.7. The lowest BCUT2D eigenvalue weighted by molar-refractivity contribution is 0.174. The van der Waals surface area contributed by atoms with Crippen LogP contribution in [0.5, 0.6) is 17.2 Å².